The molecule has 11 nitrogen and oxygen atoms in total. The van der Waals surface area contributed by atoms with E-state index >= 15 is 9.59 Å². The maximum absolute atomic E-state index is 15.5. The predicted molar refractivity (Wildman–Crippen MR) is 281 cm³/mol. The zero-order chi connectivity index (χ0) is 53.7. The molecule has 0 bridgehead atoms. The summed E-state index contributed by atoms with van der Waals surface area (Å²) in [5, 5.41) is 47.4. The fraction of sp³-hybridized carbons (Fsp3) is 0.806. The summed E-state index contributed by atoms with van der Waals surface area (Å²) in [6, 6.07) is 0. The maximum atomic E-state index is 15.5. The van der Waals surface area contributed by atoms with Gasteiger partial charge in [-0.05, 0) is 221 Å². The highest BCUT2D eigenvalue weighted by molar-refractivity contribution is 6.03. The molecule has 73 heavy (non-hydrogen) atoms. The van der Waals surface area contributed by atoms with Gasteiger partial charge >= 0.3 is 23.9 Å². The number of carbonyl (C=O) groups excluding carboxylic acids is 4. The minimum atomic E-state index is -0.795. The number of allylic oxidation sites excluding steroid dienone is 4. The van der Waals surface area contributed by atoms with Crippen LogP contribution in [0, 0.1) is 79.8 Å². The van der Waals surface area contributed by atoms with Gasteiger partial charge in [-0.25, -0.2) is 9.59 Å². The molecule has 0 spiro atoms. The van der Waals surface area contributed by atoms with Crippen LogP contribution in [0.3, 0.4) is 0 Å². The lowest BCUT2D eigenvalue weighted by atomic mass is 9.36. The van der Waals surface area contributed by atoms with Crippen molar-refractivity contribution in [3.05, 3.63) is 45.6 Å². The van der Waals surface area contributed by atoms with Crippen LogP contribution in [0.15, 0.2) is 45.6 Å². The smallest absolute Gasteiger partial charge is 0.342 e. The van der Waals surface area contributed by atoms with Crippen LogP contribution in [0.2, 0.25) is 0 Å². The molecular formula is C62H94O11. The highest BCUT2D eigenvalue weighted by atomic mass is 16.6. The average Bonchev–Trinajstić information content (AvgIpc) is 3.72. The number of aliphatic hydroxyl groups is 4. The molecule has 408 valence electrons. The number of ether oxygens (including phenoxy) is 3. The van der Waals surface area contributed by atoms with Crippen LogP contribution in [-0.4, -0.2) is 80.9 Å². The van der Waals surface area contributed by atoms with Crippen molar-refractivity contribution in [2.75, 3.05) is 0 Å². The van der Waals surface area contributed by atoms with Gasteiger partial charge in [0.15, 0.2) is 0 Å². The predicted octanol–water partition coefficient (Wildman–Crippen LogP) is 11.2. The van der Waals surface area contributed by atoms with Gasteiger partial charge in [-0.2, -0.15) is 0 Å². The molecule has 0 amide bonds. The Morgan fingerprint density at radius 2 is 0.877 bits per heavy atom. The molecule has 8 rings (SSSR count). The molecule has 8 aliphatic rings. The Balaban J connectivity index is 1.22. The minimum Gasteiger partial charge on any atom is -0.458 e. The van der Waals surface area contributed by atoms with Crippen LogP contribution in [0.25, 0.3) is 0 Å². The SMILES string of the molecule is CC(=O)O[C@H]1C[C@@]2(C)C(C[C@@H](O)[C@H]3[C@@]4(C)CC[C@@H](O)[C@@H](C)C4CC[C@@]32C)/C1=C(\CCC=C(C)C)C(=O)OC(=O)/C(CCC=C(C)C)=C1/C2C[C@@H](O)[C@H]3[C@@]4(C)CC[C@@H](O)[C@@H](C)C4CC[C@]3(C)[C@@]2(C)C[C@@H]1OC(C)=O. The van der Waals surface area contributed by atoms with Gasteiger partial charge in [0.2, 0.25) is 0 Å². The molecule has 8 saturated carbocycles. The Bertz CT molecular complexity index is 2160. The van der Waals surface area contributed by atoms with E-state index in [4.69, 9.17) is 14.2 Å². The minimum absolute atomic E-state index is 0.0833. The molecule has 0 radical (unpaired) electrons. The van der Waals surface area contributed by atoms with Crippen molar-refractivity contribution in [1.29, 1.82) is 0 Å². The van der Waals surface area contributed by atoms with Crippen LogP contribution in [0.1, 0.15) is 200 Å². The molecule has 0 saturated heterocycles. The van der Waals surface area contributed by atoms with Crippen LogP contribution in [0.4, 0.5) is 0 Å². The molecule has 0 aromatic carbocycles. The molecule has 8 aliphatic carbocycles. The van der Waals surface area contributed by atoms with Crippen LogP contribution in [-0.2, 0) is 33.4 Å². The summed E-state index contributed by atoms with van der Waals surface area (Å²) in [7, 11) is 0. The highest BCUT2D eigenvalue weighted by Crippen LogP contribution is 2.76. The first-order chi connectivity index (χ1) is 34.0. The summed E-state index contributed by atoms with van der Waals surface area (Å²) in [4.78, 5) is 57.3. The average molecular weight is 1020 g/mol. The lowest BCUT2D eigenvalue weighted by Crippen LogP contribution is -2.65. The Morgan fingerprint density at radius 1 is 0.521 bits per heavy atom. The third kappa shape index (κ3) is 9.01. The van der Waals surface area contributed by atoms with Gasteiger partial charge in [0.1, 0.15) is 12.2 Å². The topological polar surface area (TPSA) is 177 Å². The largest absolute Gasteiger partial charge is 0.458 e. The van der Waals surface area contributed by atoms with Gasteiger partial charge in [0, 0.05) is 25.0 Å². The summed E-state index contributed by atoms with van der Waals surface area (Å²) in [5.74, 6) is -2.69. The van der Waals surface area contributed by atoms with Crippen LogP contribution >= 0.6 is 0 Å². The molecule has 8 fully saturated rings. The molecule has 0 heterocycles. The zero-order valence-electron chi connectivity index (χ0n) is 47.2. The van der Waals surface area contributed by atoms with Crippen LogP contribution < -0.4 is 0 Å². The van der Waals surface area contributed by atoms with E-state index in [1.54, 1.807) is 0 Å². The van der Waals surface area contributed by atoms with Crippen molar-refractivity contribution in [1.82, 2.24) is 0 Å². The van der Waals surface area contributed by atoms with E-state index in [0.29, 0.717) is 73.7 Å². The first-order valence-corrected chi connectivity index (χ1v) is 28.6. The second kappa shape index (κ2) is 20.0. The molecule has 11 heteroatoms. The van der Waals surface area contributed by atoms with E-state index < -0.39 is 70.0 Å². The van der Waals surface area contributed by atoms with Crippen LogP contribution in [0.5, 0.6) is 0 Å². The van der Waals surface area contributed by atoms with Crippen molar-refractivity contribution in [2.45, 2.75) is 236 Å². The van der Waals surface area contributed by atoms with E-state index in [0.717, 1.165) is 49.7 Å². The quantitative estimate of drug-likeness (QED) is 0.0538. The van der Waals surface area contributed by atoms with E-state index in [2.05, 4.69) is 67.5 Å². The van der Waals surface area contributed by atoms with Gasteiger partial charge in [-0.1, -0.05) is 78.7 Å². The summed E-state index contributed by atoms with van der Waals surface area (Å²) in [6.45, 7) is 28.9. The van der Waals surface area contributed by atoms with E-state index in [1.807, 2.05) is 27.7 Å². The van der Waals surface area contributed by atoms with Gasteiger partial charge in [-0.15, -0.1) is 0 Å². The maximum Gasteiger partial charge on any atom is 0.342 e. The summed E-state index contributed by atoms with van der Waals surface area (Å²) < 4.78 is 18.9. The third-order valence-electron chi connectivity index (χ3n) is 23.3. The van der Waals surface area contributed by atoms with Crippen molar-refractivity contribution < 1.29 is 53.8 Å². The van der Waals surface area contributed by atoms with E-state index in [-0.39, 0.29) is 83.2 Å². The van der Waals surface area contributed by atoms with Gasteiger partial charge in [-0.3, -0.25) is 9.59 Å². The van der Waals surface area contributed by atoms with Gasteiger partial charge < -0.3 is 34.6 Å². The number of hydrogen-bond acceptors (Lipinski definition) is 11. The standard InChI is InChI=1S/C62H94O11/c1-33(2)17-15-19-39(51-43-29-47(67)53-57(9)25-23-45(65)35(5)41(57)21-27-59(53,11)61(43,13)31-49(51)71-37(7)63)55(69)73-56(70)40(20-16-18-34(3)4)52-44-30-48(68)54-58(10)26-24-46(66)36(6)42(58)22-28-60(54,12)62(44,14)32-50(52)72-38(8)64/h17-18,35-36,41-50,53-54,65-68H,15-16,19-32H2,1-14H3/b51-39-,52-40-/t35-,36-,41?,42?,43?,44?,45+,46+,47+,48+,49-,50-,53-,54-,57-,58-,59-,60-,61-,62-/m0/s1. The number of fused-ring (bicyclic) bond motifs is 10. The molecule has 4 unspecified atom stereocenters. The monoisotopic (exact) mass is 1010 g/mol. The van der Waals surface area contributed by atoms with Crippen molar-refractivity contribution in [2.24, 2.45) is 79.8 Å². The van der Waals surface area contributed by atoms with E-state index in [1.165, 1.54) is 13.8 Å². The number of aliphatic hydroxyl groups excluding tert-OH is 4. The number of hydrogen-bond donors (Lipinski definition) is 4. The van der Waals surface area contributed by atoms with E-state index in [9.17, 15) is 30.0 Å². The van der Waals surface area contributed by atoms with Crippen molar-refractivity contribution in [3.8, 4) is 0 Å². The van der Waals surface area contributed by atoms with Crippen molar-refractivity contribution >= 4 is 23.9 Å². The Morgan fingerprint density at radius 3 is 1.21 bits per heavy atom. The lowest BCUT2D eigenvalue weighted by Gasteiger charge is -2.69. The summed E-state index contributed by atoms with van der Waals surface area (Å²) >= 11 is 0. The van der Waals surface area contributed by atoms with Crippen molar-refractivity contribution in [3.63, 3.8) is 0 Å². The highest BCUT2D eigenvalue weighted by Gasteiger charge is 2.73. The second-order valence-electron chi connectivity index (χ2n) is 27.4. The first-order valence-electron chi connectivity index (χ1n) is 28.6. The fourth-order valence-electron chi connectivity index (χ4n) is 19.8. The fourth-order valence-corrected chi connectivity index (χ4v) is 19.8. The second-order valence-corrected chi connectivity index (χ2v) is 27.4. The zero-order valence-corrected chi connectivity index (χ0v) is 47.2. The number of carbonyl (C=O) groups is 4. The summed E-state index contributed by atoms with van der Waals surface area (Å²) in [6.07, 6.45) is 9.84. The molecule has 20 atom stereocenters. The lowest BCUT2D eigenvalue weighted by molar-refractivity contribution is -0.234. The van der Waals surface area contributed by atoms with Gasteiger partial charge in [0.05, 0.1) is 24.4 Å². The summed E-state index contributed by atoms with van der Waals surface area (Å²) in [5.41, 5.74) is 1.74. The number of rotatable bonds is 10. The molecule has 0 aliphatic heterocycles. The Labute approximate surface area is 437 Å². The first kappa shape index (κ1) is 56.1. The van der Waals surface area contributed by atoms with Gasteiger partial charge in [0.25, 0.3) is 0 Å². The molecular weight excluding hydrogens is 921 g/mol. The molecule has 4 N–H and O–H groups in total. The normalized spacial score (nSPS) is 46.9. The number of esters is 4. The Kier molecular flexibility index (Phi) is 15.4. The molecule has 0 aromatic heterocycles. The third-order valence-corrected chi connectivity index (χ3v) is 23.3. The molecule has 0 aromatic rings. The Hall–Kier alpha value is -3.12.